The van der Waals surface area contributed by atoms with E-state index < -0.39 is 39.9 Å². The number of carbonyl (C=O) groups excluding carboxylic acids is 2. The first-order chi connectivity index (χ1) is 20.9. The third kappa shape index (κ3) is 8.73. The molecule has 2 aliphatic rings. The number of β-amino-alcohol motifs (C(OH)–C–C–N with tert-alkyl or cyclic N) is 1. The Balaban J connectivity index is 1.71. The molecule has 0 aliphatic carbocycles. The molecule has 2 amide bonds. The minimum absolute atomic E-state index is 0.0467. The van der Waals surface area contributed by atoms with Crippen LogP contribution in [0.15, 0.2) is 65.6 Å². The van der Waals surface area contributed by atoms with Crippen molar-refractivity contribution in [3.8, 4) is 11.5 Å². The molecule has 0 unspecified atom stereocenters. The minimum Gasteiger partial charge on any atom is -0.497 e. The first-order valence-corrected chi connectivity index (χ1v) is 16.3. The van der Waals surface area contributed by atoms with E-state index in [2.05, 4.69) is 5.32 Å². The Bertz CT molecular complexity index is 1420. The summed E-state index contributed by atoms with van der Waals surface area (Å²) < 4.78 is 46.7. The molecular weight excluding hydrogens is 586 g/mol. The van der Waals surface area contributed by atoms with Crippen LogP contribution in [0.2, 0.25) is 0 Å². The molecule has 2 aliphatic heterocycles. The number of carbonyl (C=O) groups is 2. The second-order valence-corrected chi connectivity index (χ2v) is 13.9. The molecule has 0 spiro atoms. The van der Waals surface area contributed by atoms with Crippen LogP contribution in [0.1, 0.15) is 45.6 Å². The Labute approximate surface area is 259 Å². The van der Waals surface area contributed by atoms with Crippen LogP contribution in [0.4, 0.5) is 4.79 Å². The van der Waals surface area contributed by atoms with Gasteiger partial charge >= 0.3 is 6.09 Å². The van der Waals surface area contributed by atoms with E-state index >= 15 is 0 Å². The highest BCUT2D eigenvalue weighted by atomic mass is 32.2. The lowest BCUT2D eigenvalue weighted by Gasteiger charge is -2.33. The smallest absolute Gasteiger partial charge is 0.407 e. The topological polar surface area (TPSA) is 135 Å². The van der Waals surface area contributed by atoms with Gasteiger partial charge in [0, 0.05) is 38.2 Å². The van der Waals surface area contributed by atoms with Gasteiger partial charge in [0.2, 0.25) is 15.9 Å². The molecule has 2 aromatic rings. The second kappa shape index (κ2) is 14.4. The van der Waals surface area contributed by atoms with Crippen molar-refractivity contribution in [2.75, 3.05) is 33.4 Å². The first kappa shape index (κ1) is 33.3. The van der Waals surface area contributed by atoms with Crippen molar-refractivity contribution in [2.45, 2.75) is 75.1 Å². The quantitative estimate of drug-likeness (QED) is 0.445. The van der Waals surface area contributed by atoms with Crippen LogP contribution < -0.4 is 14.8 Å². The summed E-state index contributed by atoms with van der Waals surface area (Å²) in [5.41, 5.74) is 0.0638. The van der Waals surface area contributed by atoms with Gasteiger partial charge < -0.3 is 29.5 Å². The monoisotopic (exact) mass is 629 g/mol. The fraction of sp³-hybridized carbons (Fsp3) is 0.500. The van der Waals surface area contributed by atoms with Gasteiger partial charge in [-0.2, -0.15) is 4.31 Å². The maximum absolute atomic E-state index is 14.4. The number of fused-ring (bicyclic) bond motifs is 2. The number of hydrogen-bond donors (Lipinski definition) is 2. The molecule has 1 saturated heterocycles. The van der Waals surface area contributed by atoms with Crippen LogP contribution in [-0.4, -0.2) is 91.9 Å². The van der Waals surface area contributed by atoms with Gasteiger partial charge in [-0.25, -0.2) is 13.2 Å². The number of benzene rings is 2. The van der Waals surface area contributed by atoms with Gasteiger partial charge in [-0.1, -0.05) is 42.5 Å². The zero-order chi connectivity index (χ0) is 31.9. The molecular formula is C32H43N3O8S. The van der Waals surface area contributed by atoms with Crippen LogP contribution in [0.3, 0.4) is 0 Å². The Morgan fingerprint density at radius 3 is 2.61 bits per heavy atom. The van der Waals surface area contributed by atoms with Crippen molar-refractivity contribution >= 4 is 22.0 Å². The lowest BCUT2D eigenvalue weighted by molar-refractivity contribution is -0.128. The summed E-state index contributed by atoms with van der Waals surface area (Å²) in [6.07, 6.45) is 3.27. The number of aliphatic hydroxyl groups is 1. The third-order valence-corrected chi connectivity index (χ3v) is 9.37. The molecule has 4 rings (SSSR count). The Hall–Kier alpha value is -3.61. The average molecular weight is 630 g/mol. The van der Waals surface area contributed by atoms with Crippen molar-refractivity contribution < 1.29 is 37.3 Å². The number of nitrogens with zero attached hydrogens (tertiary/aromatic N) is 2. The summed E-state index contributed by atoms with van der Waals surface area (Å²) >= 11 is 0. The molecule has 0 radical (unpaired) electrons. The van der Waals surface area contributed by atoms with Gasteiger partial charge in [0.25, 0.3) is 0 Å². The summed E-state index contributed by atoms with van der Waals surface area (Å²) in [5.74, 6) is 0.508. The summed E-state index contributed by atoms with van der Waals surface area (Å²) in [6.45, 7) is 5.37. The van der Waals surface area contributed by atoms with Crippen LogP contribution in [0, 0.1) is 0 Å². The van der Waals surface area contributed by atoms with Gasteiger partial charge in [-0.05, 0) is 57.7 Å². The van der Waals surface area contributed by atoms with Gasteiger partial charge in [-0.15, -0.1) is 0 Å². The van der Waals surface area contributed by atoms with E-state index in [-0.39, 0.29) is 42.7 Å². The SMILES string of the molecule is COc1ccc2c(c1)OCC/C=C\CN1C(=O)CC[C@@H]1CN(C[C@@H](O)[C@H](Cc1ccccc1)NC(=O)OC(C)(C)C)S2(=O)=O. The molecule has 0 saturated carbocycles. The Morgan fingerprint density at radius 1 is 1.16 bits per heavy atom. The summed E-state index contributed by atoms with van der Waals surface area (Å²) in [6, 6.07) is 12.5. The first-order valence-electron chi connectivity index (χ1n) is 14.8. The fourth-order valence-electron chi connectivity index (χ4n) is 5.31. The van der Waals surface area contributed by atoms with E-state index in [0.29, 0.717) is 31.6 Å². The van der Waals surface area contributed by atoms with Gasteiger partial charge in [0.05, 0.1) is 25.9 Å². The zero-order valence-electron chi connectivity index (χ0n) is 25.8. The largest absolute Gasteiger partial charge is 0.497 e. The molecule has 2 heterocycles. The molecule has 2 N–H and O–H groups in total. The van der Waals surface area contributed by atoms with Crippen LogP contribution in [0.25, 0.3) is 0 Å². The summed E-state index contributed by atoms with van der Waals surface area (Å²) in [7, 11) is -2.79. The van der Waals surface area contributed by atoms with E-state index in [1.807, 2.05) is 42.5 Å². The van der Waals surface area contributed by atoms with Crippen molar-refractivity contribution in [1.29, 1.82) is 0 Å². The van der Waals surface area contributed by atoms with E-state index in [9.17, 15) is 23.1 Å². The number of amides is 2. The molecule has 11 nitrogen and oxygen atoms in total. The molecule has 0 bridgehead atoms. The molecule has 240 valence electrons. The lowest BCUT2D eigenvalue weighted by Crippen LogP contribution is -2.53. The third-order valence-electron chi connectivity index (χ3n) is 7.50. The van der Waals surface area contributed by atoms with Crippen LogP contribution in [0.5, 0.6) is 11.5 Å². The average Bonchev–Trinajstić information content (AvgIpc) is 3.31. The number of nitrogens with one attached hydrogen (secondary N) is 1. The van der Waals surface area contributed by atoms with Crippen LogP contribution in [-0.2, 0) is 26.0 Å². The molecule has 3 atom stereocenters. The van der Waals surface area contributed by atoms with E-state index in [4.69, 9.17) is 14.2 Å². The van der Waals surface area contributed by atoms with Crippen molar-refractivity contribution in [3.63, 3.8) is 0 Å². The standard InChI is InChI=1S/C32H43N3O8S/c1-32(2,3)43-31(38)33-26(19-23-11-7-5-8-12-23)27(36)22-34-21-24-13-16-30(37)35(24)17-9-6-10-18-42-28-20-25(41-4)14-15-29(28)44(34,39)40/h5-9,11-12,14-15,20,24,26-27,36H,10,13,16-19,21-22H2,1-4H3,(H,33,38)/b9-6-/t24-,26+,27-/m1/s1. The molecule has 12 heteroatoms. The van der Waals surface area contributed by atoms with E-state index in [0.717, 1.165) is 5.56 Å². The van der Waals surface area contributed by atoms with Crippen molar-refractivity contribution in [3.05, 3.63) is 66.2 Å². The van der Waals surface area contributed by atoms with E-state index in [1.54, 1.807) is 31.7 Å². The molecule has 44 heavy (non-hydrogen) atoms. The minimum atomic E-state index is -4.27. The normalized spacial score (nSPS) is 21.2. The number of ether oxygens (including phenoxy) is 3. The van der Waals surface area contributed by atoms with Gasteiger partial charge in [-0.3, -0.25) is 4.79 Å². The highest BCUT2D eigenvalue weighted by Crippen LogP contribution is 2.33. The highest BCUT2D eigenvalue weighted by molar-refractivity contribution is 7.89. The number of aliphatic hydroxyl groups excluding tert-OH is 1. The Kier molecular flexibility index (Phi) is 10.9. The number of rotatable bonds is 7. The Morgan fingerprint density at radius 2 is 1.91 bits per heavy atom. The number of methoxy groups -OCH3 is 1. The number of hydrogen-bond acceptors (Lipinski definition) is 8. The summed E-state index contributed by atoms with van der Waals surface area (Å²) in [4.78, 5) is 27.2. The van der Waals surface area contributed by atoms with Crippen LogP contribution >= 0.6 is 0 Å². The number of sulfonamides is 1. The maximum atomic E-state index is 14.4. The van der Waals surface area contributed by atoms with Gasteiger partial charge in [0.15, 0.2) is 0 Å². The molecule has 1 fully saturated rings. The van der Waals surface area contributed by atoms with Crippen molar-refractivity contribution in [2.24, 2.45) is 0 Å². The number of alkyl carbamates (subject to hydrolysis) is 1. The van der Waals surface area contributed by atoms with E-state index in [1.165, 1.54) is 23.5 Å². The summed E-state index contributed by atoms with van der Waals surface area (Å²) in [5, 5.41) is 14.4. The molecule has 0 aromatic heterocycles. The highest BCUT2D eigenvalue weighted by Gasteiger charge is 2.38. The lowest BCUT2D eigenvalue weighted by atomic mass is 10.0. The van der Waals surface area contributed by atoms with Gasteiger partial charge in [0.1, 0.15) is 22.0 Å². The predicted octanol–water partition coefficient (Wildman–Crippen LogP) is 3.51. The van der Waals surface area contributed by atoms with Crippen molar-refractivity contribution in [1.82, 2.24) is 14.5 Å². The predicted molar refractivity (Wildman–Crippen MR) is 165 cm³/mol. The molecule has 2 aromatic carbocycles. The fourth-order valence-corrected chi connectivity index (χ4v) is 6.92. The maximum Gasteiger partial charge on any atom is 0.407 e. The second-order valence-electron chi connectivity index (χ2n) is 12.0. The zero-order valence-corrected chi connectivity index (χ0v) is 26.6.